The first-order chi connectivity index (χ1) is 12.2. The van der Waals surface area contributed by atoms with Gasteiger partial charge in [0.1, 0.15) is 0 Å². The van der Waals surface area contributed by atoms with Gasteiger partial charge >= 0.3 is 0 Å². The van der Waals surface area contributed by atoms with Gasteiger partial charge in [-0.2, -0.15) is 0 Å². The molecule has 2 aliphatic heterocycles. The van der Waals surface area contributed by atoms with Crippen molar-refractivity contribution in [2.45, 2.75) is 32.3 Å². The third kappa shape index (κ3) is 5.07. The van der Waals surface area contributed by atoms with Crippen molar-refractivity contribution in [2.75, 3.05) is 26.4 Å². The van der Waals surface area contributed by atoms with Crippen LogP contribution in [0, 0.1) is 23.5 Å². The van der Waals surface area contributed by atoms with Gasteiger partial charge in [-0.15, -0.1) is 0 Å². The molecule has 6 heteroatoms. The molecule has 0 spiro atoms. The van der Waals surface area contributed by atoms with Gasteiger partial charge in [0.15, 0.2) is 24.2 Å². The predicted molar refractivity (Wildman–Crippen MR) is 87.7 cm³/mol. The fraction of sp³-hybridized carbons (Fsp3) is 0.579. The molecule has 25 heavy (non-hydrogen) atoms. The molecule has 2 heterocycles. The number of hydrogen-bond donors (Lipinski definition) is 0. The van der Waals surface area contributed by atoms with Gasteiger partial charge in [0.05, 0.1) is 26.4 Å². The highest BCUT2D eigenvalue weighted by molar-refractivity contribution is 5.19. The van der Waals surface area contributed by atoms with Crippen LogP contribution in [0.1, 0.15) is 31.6 Å². The van der Waals surface area contributed by atoms with E-state index in [1.54, 1.807) is 0 Å². The lowest BCUT2D eigenvalue weighted by Crippen LogP contribution is -2.33. The van der Waals surface area contributed by atoms with Crippen LogP contribution in [-0.2, 0) is 18.9 Å². The highest BCUT2D eigenvalue weighted by atomic mass is 19.2. The minimum absolute atomic E-state index is 0.176. The van der Waals surface area contributed by atoms with Crippen LogP contribution in [-0.4, -0.2) is 32.7 Å². The maximum absolute atomic E-state index is 13.3. The van der Waals surface area contributed by atoms with Gasteiger partial charge < -0.3 is 18.9 Å². The fourth-order valence-electron chi connectivity index (χ4n) is 3.04. The second-order valence-electron chi connectivity index (χ2n) is 6.50. The van der Waals surface area contributed by atoms with Gasteiger partial charge in [0.25, 0.3) is 0 Å². The summed E-state index contributed by atoms with van der Waals surface area (Å²) in [5.74, 6) is -1.20. The molecule has 0 radical (unpaired) electrons. The molecule has 0 bridgehead atoms. The molecule has 0 aromatic heterocycles. The first-order valence-electron chi connectivity index (χ1n) is 8.70. The molecule has 0 aliphatic carbocycles. The summed E-state index contributed by atoms with van der Waals surface area (Å²) in [6.45, 7) is 4.38. The Labute approximate surface area is 146 Å². The van der Waals surface area contributed by atoms with Crippen molar-refractivity contribution in [1.29, 1.82) is 0 Å². The van der Waals surface area contributed by atoms with Crippen molar-refractivity contribution < 1.29 is 27.7 Å². The number of ether oxygens (including phenoxy) is 4. The van der Waals surface area contributed by atoms with Gasteiger partial charge in [-0.3, -0.25) is 0 Å². The molecule has 0 saturated carbocycles. The van der Waals surface area contributed by atoms with Crippen LogP contribution in [0.4, 0.5) is 8.78 Å². The minimum Gasteiger partial charge on any atom is -0.352 e. The Morgan fingerprint density at radius 3 is 2.32 bits per heavy atom. The molecular formula is C19H24F2O4. The van der Waals surface area contributed by atoms with Crippen molar-refractivity contribution in [3.8, 4) is 0 Å². The van der Waals surface area contributed by atoms with E-state index in [9.17, 15) is 8.78 Å². The van der Waals surface area contributed by atoms with Gasteiger partial charge in [0, 0.05) is 17.4 Å². The van der Waals surface area contributed by atoms with Crippen molar-refractivity contribution in [2.24, 2.45) is 11.8 Å². The fourth-order valence-corrected chi connectivity index (χ4v) is 3.04. The SMILES string of the molecule is CC=C[C@H]1CO[C@H](CC[C@H]2CO[C@H](c3ccc(F)c(F)c3)OC2)OC1. The summed E-state index contributed by atoms with van der Waals surface area (Å²) in [7, 11) is 0. The van der Waals surface area contributed by atoms with Crippen molar-refractivity contribution in [3.63, 3.8) is 0 Å². The Balaban J connectivity index is 1.39. The summed E-state index contributed by atoms with van der Waals surface area (Å²) in [4.78, 5) is 0. The van der Waals surface area contributed by atoms with Crippen LogP contribution in [0.2, 0.25) is 0 Å². The number of allylic oxidation sites excluding steroid dienone is 1. The highest BCUT2D eigenvalue weighted by Crippen LogP contribution is 2.28. The number of hydrogen-bond acceptors (Lipinski definition) is 4. The number of rotatable bonds is 5. The van der Waals surface area contributed by atoms with Crippen molar-refractivity contribution >= 4 is 0 Å². The summed E-state index contributed by atoms with van der Waals surface area (Å²) in [6.07, 6.45) is 4.94. The van der Waals surface area contributed by atoms with Gasteiger partial charge in [-0.25, -0.2) is 8.78 Å². The second-order valence-corrected chi connectivity index (χ2v) is 6.50. The highest BCUT2D eigenvalue weighted by Gasteiger charge is 2.26. The molecule has 0 N–H and O–H groups in total. The zero-order chi connectivity index (χ0) is 17.6. The smallest absolute Gasteiger partial charge is 0.183 e. The zero-order valence-corrected chi connectivity index (χ0v) is 14.3. The van der Waals surface area contributed by atoms with E-state index in [0.29, 0.717) is 37.9 Å². The van der Waals surface area contributed by atoms with Crippen LogP contribution in [0.5, 0.6) is 0 Å². The second kappa shape index (κ2) is 8.85. The number of benzene rings is 1. The molecule has 2 fully saturated rings. The van der Waals surface area contributed by atoms with Gasteiger partial charge in [-0.05, 0) is 31.9 Å². The molecule has 4 nitrogen and oxygen atoms in total. The summed E-state index contributed by atoms with van der Waals surface area (Å²) in [5.41, 5.74) is 0.492. The first kappa shape index (κ1) is 18.5. The summed E-state index contributed by atoms with van der Waals surface area (Å²) >= 11 is 0. The molecule has 2 aliphatic rings. The molecule has 0 atom stereocenters. The molecule has 1 aromatic rings. The Hall–Kier alpha value is -1.34. The molecular weight excluding hydrogens is 330 g/mol. The van der Waals surface area contributed by atoms with Crippen molar-refractivity contribution in [1.82, 2.24) is 0 Å². The summed E-state index contributed by atoms with van der Waals surface area (Å²) in [5, 5.41) is 0. The number of halogens is 2. The molecule has 3 rings (SSSR count). The van der Waals surface area contributed by atoms with Crippen LogP contribution in [0.15, 0.2) is 30.4 Å². The lowest BCUT2D eigenvalue weighted by Gasteiger charge is -2.32. The third-order valence-electron chi connectivity index (χ3n) is 4.45. The van der Waals surface area contributed by atoms with Gasteiger partial charge in [-0.1, -0.05) is 18.2 Å². The quantitative estimate of drug-likeness (QED) is 0.750. The van der Waals surface area contributed by atoms with E-state index in [1.807, 2.05) is 13.0 Å². The van der Waals surface area contributed by atoms with E-state index >= 15 is 0 Å². The predicted octanol–water partition coefficient (Wildman–Crippen LogP) is 3.97. The van der Waals surface area contributed by atoms with Crippen molar-refractivity contribution in [3.05, 3.63) is 47.5 Å². The minimum atomic E-state index is -0.894. The maximum Gasteiger partial charge on any atom is 0.183 e. The molecule has 1 aromatic carbocycles. The summed E-state index contributed by atoms with van der Waals surface area (Å²) < 4.78 is 49.0. The van der Waals surface area contributed by atoms with E-state index in [-0.39, 0.29) is 12.2 Å². The lowest BCUT2D eigenvalue weighted by atomic mass is 10.0. The van der Waals surface area contributed by atoms with E-state index in [4.69, 9.17) is 18.9 Å². The molecule has 138 valence electrons. The van der Waals surface area contributed by atoms with E-state index in [0.717, 1.165) is 25.0 Å². The third-order valence-corrected chi connectivity index (χ3v) is 4.45. The van der Waals surface area contributed by atoms with Gasteiger partial charge in [0.2, 0.25) is 0 Å². The Morgan fingerprint density at radius 1 is 0.960 bits per heavy atom. The van der Waals surface area contributed by atoms with E-state index < -0.39 is 17.9 Å². The monoisotopic (exact) mass is 354 g/mol. The van der Waals surface area contributed by atoms with E-state index in [1.165, 1.54) is 6.07 Å². The maximum atomic E-state index is 13.3. The zero-order valence-electron chi connectivity index (χ0n) is 14.3. The molecule has 2 saturated heterocycles. The summed E-state index contributed by atoms with van der Waals surface area (Å²) in [6, 6.07) is 3.68. The molecule has 0 amide bonds. The lowest BCUT2D eigenvalue weighted by molar-refractivity contribution is -0.217. The Bertz CT molecular complexity index is 577. The average molecular weight is 354 g/mol. The van der Waals surface area contributed by atoms with Crippen LogP contribution < -0.4 is 0 Å². The van der Waals surface area contributed by atoms with Crippen LogP contribution >= 0.6 is 0 Å². The topological polar surface area (TPSA) is 36.9 Å². The largest absolute Gasteiger partial charge is 0.352 e. The average Bonchev–Trinajstić information content (AvgIpc) is 2.64. The normalized spacial score (nSPS) is 30.7. The standard InChI is InChI=1S/C19H24F2O4/c1-2-3-13-9-22-18(23-10-13)7-4-14-11-24-19(25-12-14)15-5-6-16(20)17(21)8-15/h2-3,5-6,8,13-14,18-19H,4,7,9-12H2,1H3/t13-,14-,18-,19-. The Morgan fingerprint density at radius 2 is 1.68 bits per heavy atom. The molecule has 0 unspecified atom stereocenters. The van der Waals surface area contributed by atoms with E-state index in [2.05, 4.69) is 6.08 Å². The van der Waals surface area contributed by atoms with Crippen LogP contribution in [0.25, 0.3) is 0 Å². The van der Waals surface area contributed by atoms with Crippen LogP contribution in [0.3, 0.4) is 0 Å². The first-order valence-corrected chi connectivity index (χ1v) is 8.70. The Kier molecular flexibility index (Phi) is 6.53.